The molecule has 0 atom stereocenters. The van der Waals surface area contributed by atoms with Crippen molar-refractivity contribution in [3.05, 3.63) is 84.0 Å². The van der Waals surface area contributed by atoms with Gasteiger partial charge in [0.1, 0.15) is 12.3 Å². The van der Waals surface area contributed by atoms with Gasteiger partial charge in [-0.2, -0.15) is 5.10 Å². The first kappa shape index (κ1) is 15.9. The summed E-state index contributed by atoms with van der Waals surface area (Å²) < 4.78 is 17.5. The zero-order valence-corrected chi connectivity index (χ0v) is 13.7. The molecule has 3 heterocycles. The number of hydrogen-bond donors (Lipinski definition) is 0. The number of carbonyl (C=O) groups excluding carboxylic acids is 1. The molecule has 0 radical (unpaired) electrons. The molecular weight excluding hydrogens is 334 g/mol. The maximum atomic E-state index is 12.2. The Balaban J connectivity index is 1.34. The zero-order valence-electron chi connectivity index (χ0n) is 13.7. The maximum absolute atomic E-state index is 12.2. The molecule has 0 aliphatic carbocycles. The van der Waals surface area contributed by atoms with Crippen LogP contribution in [0.5, 0.6) is 0 Å². The lowest BCUT2D eigenvalue weighted by atomic mass is 10.1. The standard InChI is InChI=1S/C19H15N3O4/c23-19(15-6-4-14(5-7-15)12-22-9-2-8-20-22)25-13-16-11-18(26-21-16)17-3-1-10-24-17/h1-11H,12-13H2. The molecule has 0 bridgehead atoms. The molecule has 1 aromatic carbocycles. The van der Waals surface area contributed by atoms with E-state index in [2.05, 4.69) is 10.3 Å². The van der Waals surface area contributed by atoms with E-state index in [1.807, 2.05) is 29.1 Å². The smallest absolute Gasteiger partial charge is 0.338 e. The Labute approximate surface area is 148 Å². The number of esters is 1. The van der Waals surface area contributed by atoms with Crippen molar-refractivity contribution in [3.8, 4) is 11.5 Å². The minimum atomic E-state index is -0.418. The molecule has 0 aliphatic rings. The molecule has 0 aliphatic heterocycles. The Hall–Kier alpha value is -3.61. The number of rotatable bonds is 6. The van der Waals surface area contributed by atoms with E-state index in [9.17, 15) is 4.79 Å². The van der Waals surface area contributed by atoms with Gasteiger partial charge in [-0.15, -0.1) is 0 Å². The molecule has 0 unspecified atom stereocenters. The Kier molecular flexibility index (Phi) is 4.34. The minimum Gasteiger partial charge on any atom is -0.461 e. The molecule has 0 amide bonds. The van der Waals surface area contributed by atoms with E-state index in [0.29, 0.717) is 29.3 Å². The Bertz CT molecular complexity index is 970. The van der Waals surface area contributed by atoms with Crippen LogP contribution in [0.1, 0.15) is 21.6 Å². The van der Waals surface area contributed by atoms with E-state index in [4.69, 9.17) is 13.7 Å². The first-order valence-electron chi connectivity index (χ1n) is 8.01. The Morgan fingerprint density at radius 1 is 1.12 bits per heavy atom. The number of aromatic nitrogens is 3. The van der Waals surface area contributed by atoms with Crippen LogP contribution < -0.4 is 0 Å². The summed E-state index contributed by atoms with van der Waals surface area (Å²) >= 11 is 0. The normalized spacial score (nSPS) is 10.8. The molecule has 0 saturated carbocycles. The lowest BCUT2D eigenvalue weighted by Gasteiger charge is -2.05. The third-order valence-electron chi connectivity index (χ3n) is 3.77. The van der Waals surface area contributed by atoms with Crippen LogP contribution >= 0.6 is 0 Å². The van der Waals surface area contributed by atoms with Gasteiger partial charge >= 0.3 is 5.97 Å². The van der Waals surface area contributed by atoms with Crippen LogP contribution in [-0.4, -0.2) is 20.9 Å². The molecule has 0 fully saturated rings. The molecule has 3 aromatic heterocycles. The largest absolute Gasteiger partial charge is 0.461 e. The minimum absolute atomic E-state index is 0.0259. The van der Waals surface area contributed by atoms with Crippen molar-refractivity contribution in [2.45, 2.75) is 13.2 Å². The second-order valence-electron chi connectivity index (χ2n) is 5.64. The first-order valence-corrected chi connectivity index (χ1v) is 8.01. The van der Waals surface area contributed by atoms with Crippen molar-refractivity contribution in [2.75, 3.05) is 0 Å². The van der Waals surface area contributed by atoms with Gasteiger partial charge in [0.2, 0.25) is 5.76 Å². The summed E-state index contributed by atoms with van der Waals surface area (Å²) in [5.41, 5.74) is 2.04. The van der Waals surface area contributed by atoms with Crippen molar-refractivity contribution in [3.63, 3.8) is 0 Å². The molecule has 0 N–H and O–H groups in total. The number of furan rings is 1. The molecule has 0 saturated heterocycles. The van der Waals surface area contributed by atoms with Crippen molar-refractivity contribution in [1.29, 1.82) is 0 Å². The summed E-state index contributed by atoms with van der Waals surface area (Å²) in [5.74, 6) is 0.644. The number of ether oxygens (including phenoxy) is 1. The van der Waals surface area contributed by atoms with Gasteiger partial charge in [-0.1, -0.05) is 17.3 Å². The Morgan fingerprint density at radius 2 is 2.00 bits per heavy atom. The summed E-state index contributed by atoms with van der Waals surface area (Å²) in [6.07, 6.45) is 5.16. The second kappa shape index (κ2) is 7.10. The molecule has 26 heavy (non-hydrogen) atoms. The fourth-order valence-corrected chi connectivity index (χ4v) is 2.46. The molecule has 4 aromatic rings. The summed E-state index contributed by atoms with van der Waals surface area (Å²) in [4.78, 5) is 12.2. The second-order valence-corrected chi connectivity index (χ2v) is 5.64. The SMILES string of the molecule is O=C(OCc1cc(-c2ccco2)on1)c1ccc(Cn2cccn2)cc1. The van der Waals surface area contributed by atoms with Gasteiger partial charge in [0.25, 0.3) is 0 Å². The molecule has 130 valence electrons. The van der Waals surface area contributed by atoms with Crippen LogP contribution in [0.2, 0.25) is 0 Å². The molecule has 4 rings (SSSR count). The average molecular weight is 349 g/mol. The maximum Gasteiger partial charge on any atom is 0.338 e. The molecular formula is C19H15N3O4. The van der Waals surface area contributed by atoms with Gasteiger partial charge in [-0.25, -0.2) is 4.79 Å². The number of nitrogens with zero attached hydrogens (tertiary/aromatic N) is 3. The van der Waals surface area contributed by atoms with Crippen molar-refractivity contribution in [2.24, 2.45) is 0 Å². The van der Waals surface area contributed by atoms with Crippen LogP contribution in [0.15, 0.2) is 76.1 Å². The van der Waals surface area contributed by atoms with Crippen LogP contribution in [0, 0.1) is 0 Å². The van der Waals surface area contributed by atoms with E-state index in [1.54, 1.807) is 42.8 Å². The highest BCUT2D eigenvalue weighted by Crippen LogP contribution is 2.21. The number of hydrogen-bond acceptors (Lipinski definition) is 6. The molecule has 7 heteroatoms. The lowest BCUT2D eigenvalue weighted by Crippen LogP contribution is -2.06. The van der Waals surface area contributed by atoms with Crippen LogP contribution in [0.4, 0.5) is 0 Å². The topological polar surface area (TPSA) is 83.3 Å². The van der Waals surface area contributed by atoms with Crippen LogP contribution in [-0.2, 0) is 17.9 Å². The summed E-state index contributed by atoms with van der Waals surface area (Å²) in [7, 11) is 0. The number of carbonyl (C=O) groups is 1. The van der Waals surface area contributed by atoms with Gasteiger partial charge < -0.3 is 13.7 Å². The monoisotopic (exact) mass is 349 g/mol. The van der Waals surface area contributed by atoms with Crippen molar-refractivity contribution in [1.82, 2.24) is 14.9 Å². The number of benzene rings is 1. The fraction of sp³-hybridized carbons (Fsp3) is 0.105. The van der Waals surface area contributed by atoms with Gasteiger partial charge in [0.05, 0.1) is 18.4 Å². The third kappa shape index (κ3) is 3.56. The van der Waals surface area contributed by atoms with E-state index in [-0.39, 0.29) is 6.61 Å². The zero-order chi connectivity index (χ0) is 17.8. The van der Waals surface area contributed by atoms with Crippen LogP contribution in [0.25, 0.3) is 11.5 Å². The summed E-state index contributed by atoms with van der Waals surface area (Å²) in [6, 6.07) is 14.3. The predicted molar refractivity (Wildman–Crippen MR) is 91.1 cm³/mol. The van der Waals surface area contributed by atoms with Crippen molar-refractivity contribution >= 4 is 5.97 Å². The summed E-state index contributed by atoms with van der Waals surface area (Å²) in [5, 5.41) is 8.03. The highest BCUT2D eigenvalue weighted by atomic mass is 16.5. The van der Waals surface area contributed by atoms with E-state index >= 15 is 0 Å². The lowest BCUT2D eigenvalue weighted by molar-refractivity contribution is 0.0464. The third-order valence-corrected chi connectivity index (χ3v) is 3.77. The molecule has 0 spiro atoms. The highest BCUT2D eigenvalue weighted by molar-refractivity contribution is 5.89. The first-order chi connectivity index (χ1) is 12.8. The van der Waals surface area contributed by atoms with E-state index < -0.39 is 5.97 Å². The fourth-order valence-electron chi connectivity index (χ4n) is 2.46. The highest BCUT2D eigenvalue weighted by Gasteiger charge is 2.12. The van der Waals surface area contributed by atoms with Crippen LogP contribution in [0.3, 0.4) is 0 Å². The van der Waals surface area contributed by atoms with Gasteiger partial charge in [-0.3, -0.25) is 4.68 Å². The van der Waals surface area contributed by atoms with Gasteiger partial charge in [0.15, 0.2) is 5.76 Å². The Morgan fingerprint density at radius 3 is 2.73 bits per heavy atom. The quantitative estimate of drug-likeness (QED) is 0.495. The molecule has 7 nitrogen and oxygen atoms in total. The van der Waals surface area contributed by atoms with E-state index in [0.717, 1.165) is 5.56 Å². The predicted octanol–water partition coefficient (Wildman–Crippen LogP) is 3.54. The van der Waals surface area contributed by atoms with Gasteiger partial charge in [0, 0.05) is 18.5 Å². The van der Waals surface area contributed by atoms with E-state index in [1.165, 1.54) is 0 Å². The average Bonchev–Trinajstić information content (AvgIpc) is 3.41. The van der Waals surface area contributed by atoms with Crippen molar-refractivity contribution < 1.29 is 18.5 Å². The summed E-state index contributed by atoms with van der Waals surface area (Å²) in [6.45, 7) is 0.675. The van der Waals surface area contributed by atoms with Gasteiger partial charge in [-0.05, 0) is 35.9 Å².